The van der Waals surface area contributed by atoms with E-state index < -0.39 is 0 Å². The van der Waals surface area contributed by atoms with Crippen molar-refractivity contribution in [2.24, 2.45) is 5.41 Å². The highest BCUT2D eigenvalue weighted by molar-refractivity contribution is 6.06. The van der Waals surface area contributed by atoms with E-state index in [9.17, 15) is 0 Å². The maximum atomic E-state index is 5.00. The lowest BCUT2D eigenvalue weighted by atomic mass is 9.68. The Bertz CT molecular complexity index is 1290. The van der Waals surface area contributed by atoms with Crippen LogP contribution < -0.4 is 0 Å². The number of benzene rings is 3. The monoisotopic (exact) mass is 379 g/mol. The molecule has 0 bridgehead atoms. The van der Waals surface area contributed by atoms with Crippen LogP contribution in [0.15, 0.2) is 54.7 Å². The highest BCUT2D eigenvalue weighted by atomic mass is 14.7. The van der Waals surface area contributed by atoms with Gasteiger partial charge in [0.25, 0.3) is 0 Å². The Hall–Kier alpha value is -2.67. The molecule has 1 nitrogen and oxygen atoms in total. The zero-order valence-corrected chi connectivity index (χ0v) is 18.4. The number of hydrogen-bond acceptors (Lipinski definition) is 1. The Labute approximate surface area is 173 Å². The largest absolute Gasteiger partial charge is 0.255 e. The molecule has 0 saturated carbocycles. The topological polar surface area (TPSA) is 12.9 Å². The van der Waals surface area contributed by atoms with Gasteiger partial charge in [-0.3, -0.25) is 4.98 Å². The molecule has 5 rings (SSSR count). The van der Waals surface area contributed by atoms with Gasteiger partial charge in [-0.05, 0) is 57.2 Å². The molecule has 1 heterocycles. The molecule has 0 atom stereocenters. The van der Waals surface area contributed by atoms with Gasteiger partial charge >= 0.3 is 0 Å². The molecule has 1 heteroatoms. The van der Waals surface area contributed by atoms with Crippen molar-refractivity contribution in [3.05, 3.63) is 77.0 Å². The minimum Gasteiger partial charge on any atom is -0.255 e. The lowest BCUT2D eigenvalue weighted by Gasteiger charge is -2.35. The van der Waals surface area contributed by atoms with E-state index in [1.807, 2.05) is 0 Å². The van der Waals surface area contributed by atoms with Gasteiger partial charge in [-0.2, -0.15) is 0 Å². The molecule has 0 N–H and O–H groups in total. The fourth-order valence-electron chi connectivity index (χ4n) is 5.22. The summed E-state index contributed by atoms with van der Waals surface area (Å²) in [5, 5.41) is 5.31. The van der Waals surface area contributed by atoms with Crippen LogP contribution in [0.5, 0.6) is 0 Å². The first-order chi connectivity index (χ1) is 13.7. The number of fused-ring (bicyclic) bond motifs is 4. The van der Waals surface area contributed by atoms with E-state index in [4.69, 9.17) is 4.98 Å². The van der Waals surface area contributed by atoms with Gasteiger partial charge in [-0.15, -0.1) is 0 Å². The molecule has 0 spiro atoms. The smallest absolute Gasteiger partial charge is 0.0755 e. The molecule has 4 aromatic rings. The molecule has 29 heavy (non-hydrogen) atoms. The normalized spacial score (nSPS) is 15.0. The SMILES string of the molecule is Cc1ccc2c3c(cccc13)C(C)(C)c1c-2ncc2ccc(CC(C)(C)C)cc12. The lowest BCUT2D eigenvalue weighted by molar-refractivity contribution is 0.411. The second-order valence-electron chi connectivity index (χ2n) is 10.4. The fraction of sp³-hybridized carbons (Fsp3) is 0.321. The molecular weight excluding hydrogens is 350 g/mol. The maximum absolute atomic E-state index is 5.00. The summed E-state index contributed by atoms with van der Waals surface area (Å²) in [6.45, 7) is 13.9. The molecule has 0 aliphatic heterocycles. The third-order valence-corrected chi connectivity index (χ3v) is 6.50. The summed E-state index contributed by atoms with van der Waals surface area (Å²) in [5.41, 5.74) is 8.12. The maximum Gasteiger partial charge on any atom is 0.0755 e. The highest BCUT2D eigenvalue weighted by Crippen LogP contribution is 2.50. The zero-order chi connectivity index (χ0) is 20.6. The first-order valence-electron chi connectivity index (χ1n) is 10.6. The van der Waals surface area contributed by atoms with Crippen molar-refractivity contribution in [2.75, 3.05) is 0 Å². The summed E-state index contributed by atoms with van der Waals surface area (Å²) in [4.78, 5) is 5.00. The van der Waals surface area contributed by atoms with Crippen LogP contribution in [0.3, 0.4) is 0 Å². The molecule has 1 aliphatic carbocycles. The average Bonchev–Trinajstić information content (AvgIpc) is 2.65. The van der Waals surface area contributed by atoms with Gasteiger partial charge in [0.1, 0.15) is 0 Å². The van der Waals surface area contributed by atoms with E-state index in [1.165, 1.54) is 49.4 Å². The summed E-state index contributed by atoms with van der Waals surface area (Å²) >= 11 is 0. The van der Waals surface area contributed by atoms with Crippen molar-refractivity contribution in [1.82, 2.24) is 4.98 Å². The van der Waals surface area contributed by atoms with Crippen LogP contribution in [-0.2, 0) is 11.8 Å². The van der Waals surface area contributed by atoms with Gasteiger partial charge in [0.05, 0.1) is 5.69 Å². The number of aryl methyl sites for hydroxylation is 1. The lowest BCUT2D eigenvalue weighted by Crippen LogP contribution is -2.25. The zero-order valence-electron chi connectivity index (χ0n) is 18.4. The van der Waals surface area contributed by atoms with Crippen molar-refractivity contribution in [1.29, 1.82) is 0 Å². The van der Waals surface area contributed by atoms with Crippen molar-refractivity contribution >= 4 is 21.5 Å². The predicted molar refractivity (Wildman–Crippen MR) is 125 cm³/mol. The summed E-state index contributed by atoms with van der Waals surface area (Å²) < 4.78 is 0. The van der Waals surface area contributed by atoms with Crippen molar-refractivity contribution in [3.8, 4) is 11.3 Å². The van der Waals surface area contributed by atoms with Gasteiger partial charge in [-0.1, -0.05) is 83.1 Å². The standard InChI is InChI=1S/C28H29N/c1-17-10-13-21-24-20(17)8-7-9-23(24)28(5,6)25-22-14-18(15-27(2,3)4)11-12-19(22)16-29-26(21)25/h7-14,16H,15H2,1-6H3. The quantitative estimate of drug-likeness (QED) is 0.332. The number of rotatable bonds is 1. The van der Waals surface area contributed by atoms with E-state index in [0.29, 0.717) is 0 Å². The molecule has 3 aromatic carbocycles. The van der Waals surface area contributed by atoms with Crippen LogP contribution in [0.4, 0.5) is 0 Å². The van der Waals surface area contributed by atoms with Gasteiger partial charge < -0.3 is 0 Å². The van der Waals surface area contributed by atoms with E-state index in [0.717, 1.165) is 12.1 Å². The van der Waals surface area contributed by atoms with Crippen LogP contribution in [0, 0.1) is 12.3 Å². The highest BCUT2D eigenvalue weighted by Gasteiger charge is 2.36. The molecule has 146 valence electrons. The van der Waals surface area contributed by atoms with Gasteiger partial charge in [0, 0.05) is 22.6 Å². The van der Waals surface area contributed by atoms with E-state index >= 15 is 0 Å². The molecule has 0 unspecified atom stereocenters. The number of pyridine rings is 1. The van der Waals surface area contributed by atoms with E-state index in [-0.39, 0.29) is 10.8 Å². The molecule has 0 radical (unpaired) electrons. The Kier molecular flexibility index (Phi) is 3.75. The predicted octanol–water partition coefficient (Wildman–Crippen LogP) is 7.59. The van der Waals surface area contributed by atoms with Crippen LogP contribution in [0.2, 0.25) is 0 Å². The fourth-order valence-corrected chi connectivity index (χ4v) is 5.22. The van der Waals surface area contributed by atoms with Gasteiger partial charge in [-0.25, -0.2) is 0 Å². The molecule has 1 aromatic heterocycles. The van der Waals surface area contributed by atoms with Crippen molar-refractivity contribution in [2.45, 2.75) is 53.4 Å². The second kappa shape index (κ2) is 5.92. The second-order valence-corrected chi connectivity index (χ2v) is 10.4. The van der Waals surface area contributed by atoms with Crippen LogP contribution in [0.1, 0.15) is 56.9 Å². The van der Waals surface area contributed by atoms with E-state index in [1.54, 1.807) is 0 Å². The molecular formula is C28H29N. The molecule has 1 aliphatic rings. The Morgan fingerprint density at radius 3 is 2.48 bits per heavy atom. The van der Waals surface area contributed by atoms with Crippen molar-refractivity contribution < 1.29 is 0 Å². The Balaban J connectivity index is 1.89. The average molecular weight is 380 g/mol. The Morgan fingerprint density at radius 2 is 1.72 bits per heavy atom. The number of aromatic nitrogens is 1. The third-order valence-electron chi connectivity index (χ3n) is 6.50. The van der Waals surface area contributed by atoms with Gasteiger partial charge in [0.15, 0.2) is 0 Å². The first-order valence-corrected chi connectivity index (χ1v) is 10.6. The molecule has 0 saturated heterocycles. The minimum atomic E-state index is -0.0947. The van der Waals surface area contributed by atoms with Crippen LogP contribution in [-0.4, -0.2) is 4.98 Å². The van der Waals surface area contributed by atoms with Crippen LogP contribution in [0.25, 0.3) is 32.8 Å². The summed E-state index contributed by atoms with van der Waals surface area (Å²) in [7, 11) is 0. The number of nitrogens with zero attached hydrogens (tertiary/aromatic N) is 1. The summed E-state index contributed by atoms with van der Waals surface area (Å²) in [5.74, 6) is 0. The molecule has 0 fully saturated rings. The van der Waals surface area contributed by atoms with E-state index in [2.05, 4.69) is 96.3 Å². The Morgan fingerprint density at radius 1 is 0.931 bits per heavy atom. The third kappa shape index (κ3) is 2.71. The first kappa shape index (κ1) is 18.4. The minimum absolute atomic E-state index is 0.0947. The molecule has 0 amide bonds. The summed E-state index contributed by atoms with van der Waals surface area (Å²) in [6, 6.07) is 18.2. The van der Waals surface area contributed by atoms with Crippen LogP contribution >= 0.6 is 0 Å². The number of hydrogen-bond donors (Lipinski definition) is 0. The van der Waals surface area contributed by atoms with Gasteiger partial charge in [0.2, 0.25) is 0 Å². The van der Waals surface area contributed by atoms with Crippen molar-refractivity contribution in [3.63, 3.8) is 0 Å². The summed E-state index contributed by atoms with van der Waals surface area (Å²) in [6.07, 6.45) is 3.14.